The molecular formula is C15H24N4O. The van der Waals surface area contributed by atoms with Crippen LogP contribution < -0.4 is 5.32 Å². The van der Waals surface area contributed by atoms with Gasteiger partial charge in [-0.1, -0.05) is 6.07 Å². The van der Waals surface area contributed by atoms with Crippen molar-refractivity contribution in [2.75, 3.05) is 39.3 Å². The predicted octanol–water partition coefficient (Wildman–Crippen LogP) is 0.896. The number of piperazine rings is 1. The summed E-state index contributed by atoms with van der Waals surface area (Å²) in [6.07, 6.45) is 3.77. The molecule has 110 valence electrons. The van der Waals surface area contributed by atoms with Crippen LogP contribution in [0.25, 0.3) is 0 Å². The zero-order valence-corrected chi connectivity index (χ0v) is 12.4. The van der Waals surface area contributed by atoms with Crippen molar-refractivity contribution in [1.82, 2.24) is 20.1 Å². The van der Waals surface area contributed by atoms with Crippen LogP contribution in [0, 0.1) is 0 Å². The lowest BCUT2D eigenvalue weighted by Crippen LogP contribution is -2.48. The number of nitrogens with one attached hydrogen (secondary N) is 1. The van der Waals surface area contributed by atoms with E-state index in [-0.39, 0.29) is 5.91 Å². The summed E-state index contributed by atoms with van der Waals surface area (Å²) >= 11 is 0. The zero-order valence-electron chi connectivity index (χ0n) is 12.4. The van der Waals surface area contributed by atoms with Crippen LogP contribution in [0.3, 0.4) is 0 Å². The molecular weight excluding hydrogens is 252 g/mol. The molecule has 0 spiro atoms. The van der Waals surface area contributed by atoms with E-state index in [1.807, 2.05) is 18.5 Å². The maximum absolute atomic E-state index is 10.8. The number of aromatic nitrogens is 1. The van der Waals surface area contributed by atoms with Gasteiger partial charge < -0.3 is 5.32 Å². The normalized spacial score (nSPS) is 18.7. The Balaban J connectivity index is 1.75. The minimum atomic E-state index is 0.0498. The molecule has 1 aromatic heterocycles. The second-order valence-electron chi connectivity index (χ2n) is 5.32. The molecule has 5 heteroatoms. The SMILES string of the molecule is CC(=O)NCCN1CCN(C(C)c2cccnc2)CC1. The highest BCUT2D eigenvalue weighted by Crippen LogP contribution is 2.20. The number of rotatable bonds is 5. The van der Waals surface area contributed by atoms with Gasteiger partial charge in [0.15, 0.2) is 0 Å². The van der Waals surface area contributed by atoms with E-state index in [9.17, 15) is 4.79 Å². The smallest absolute Gasteiger partial charge is 0.216 e. The molecule has 1 aliphatic heterocycles. The van der Waals surface area contributed by atoms with Gasteiger partial charge in [-0.3, -0.25) is 19.6 Å². The highest BCUT2D eigenvalue weighted by atomic mass is 16.1. The van der Waals surface area contributed by atoms with Gasteiger partial charge >= 0.3 is 0 Å². The van der Waals surface area contributed by atoms with Crippen molar-refractivity contribution in [2.45, 2.75) is 19.9 Å². The van der Waals surface area contributed by atoms with Gasteiger partial charge in [-0.25, -0.2) is 0 Å². The van der Waals surface area contributed by atoms with Crippen LogP contribution >= 0.6 is 0 Å². The second-order valence-corrected chi connectivity index (χ2v) is 5.32. The minimum absolute atomic E-state index is 0.0498. The zero-order chi connectivity index (χ0) is 14.4. The van der Waals surface area contributed by atoms with E-state index in [4.69, 9.17) is 0 Å². The summed E-state index contributed by atoms with van der Waals surface area (Å²) in [6.45, 7) is 9.74. The summed E-state index contributed by atoms with van der Waals surface area (Å²) in [4.78, 5) is 19.9. The first kappa shape index (κ1) is 14.9. The van der Waals surface area contributed by atoms with Gasteiger partial charge in [0, 0.05) is 64.6 Å². The molecule has 2 rings (SSSR count). The molecule has 1 atom stereocenters. The quantitative estimate of drug-likeness (QED) is 0.868. The fourth-order valence-electron chi connectivity index (χ4n) is 2.60. The Morgan fingerprint density at radius 2 is 2.15 bits per heavy atom. The number of amides is 1. The highest BCUT2D eigenvalue weighted by Gasteiger charge is 2.21. The lowest BCUT2D eigenvalue weighted by molar-refractivity contribution is -0.119. The summed E-state index contributed by atoms with van der Waals surface area (Å²) in [5, 5.41) is 2.85. The van der Waals surface area contributed by atoms with Gasteiger partial charge in [0.2, 0.25) is 5.91 Å². The molecule has 1 aromatic rings. The summed E-state index contributed by atoms with van der Waals surface area (Å²) in [6, 6.07) is 4.55. The Kier molecular flexibility index (Phi) is 5.49. The third-order valence-electron chi connectivity index (χ3n) is 3.92. The van der Waals surface area contributed by atoms with E-state index in [0.717, 1.165) is 39.3 Å². The van der Waals surface area contributed by atoms with Crippen molar-refractivity contribution in [1.29, 1.82) is 0 Å². The monoisotopic (exact) mass is 276 g/mol. The van der Waals surface area contributed by atoms with Crippen molar-refractivity contribution >= 4 is 5.91 Å². The van der Waals surface area contributed by atoms with Crippen LogP contribution in [0.5, 0.6) is 0 Å². The molecule has 1 N–H and O–H groups in total. The van der Waals surface area contributed by atoms with Crippen molar-refractivity contribution in [3.05, 3.63) is 30.1 Å². The first-order chi connectivity index (χ1) is 9.66. The van der Waals surface area contributed by atoms with E-state index >= 15 is 0 Å². The molecule has 1 saturated heterocycles. The molecule has 0 aliphatic carbocycles. The van der Waals surface area contributed by atoms with E-state index in [1.165, 1.54) is 5.56 Å². The van der Waals surface area contributed by atoms with E-state index in [2.05, 4.69) is 33.1 Å². The summed E-state index contributed by atoms with van der Waals surface area (Å²) in [7, 11) is 0. The first-order valence-corrected chi connectivity index (χ1v) is 7.27. The van der Waals surface area contributed by atoms with Crippen LogP contribution in [-0.4, -0.2) is 60.0 Å². The average molecular weight is 276 g/mol. The predicted molar refractivity (Wildman–Crippen MR) is 79.3 cm³/mol. The molecule has 20 heavy (non-hydrogen) atoms. The first-order valence-electron chi connectivity index (χ1n) is 7.27. The topological polar surface area (TPSA) is 48.5 Å². The van der Waals surface area contributed by atoms with E-state index in [1.54, 1.807) is 6.92 Å². The third-order valence-corrected chi connectivity index (χ3v) is 3.92. The lowest BCUT2D eigenvalue weighted by Gasteiger charge is -2.38. The summed E-state index contributed by atoms with van der Waals surface area (Å²) < 4.78 is 0. The number of nitrogens with zero attached hydrogens (tertiary/aromatic N) is 3. The standard InChI is InChI=1S/C15H24N4O/c1-13(15-4-3-5-16-12-15)19-10-8-18(9-11-19)7-6-17-14(2)20/h3-5,12-13H,6-11H2,1-2H3,(H,17,20). The largest absolute Gasteiger partial charge is 0.355 e. The number of carbonyl (C=O) groups is 1. The molecule has 2 heterocycles. The van der Waals surface area contributed by atoms with Crippen molar-refractivity contribution in [2.24, 2.45) is 0 Å². The van der Waals surface area contributed by atoms with Crippen LogP contribution in [0.4, 0.5) is 0 Å². The Hall–Kier alpha value is -1.46. The van der Waals surface area contributed by atoms with Crippen LogP contribution in [0.15, 0.2) is 24.5 Å². The van der Waals surface area contributed by atoms with E-state index < -0.39 is 0 Å². The molecule has 0 radical (unpaired) electrons. The Bertz CT molecular complexity index is 415. The molecule has 1 unspecified atom stereocenters. The maximum Gasteiger partial charge on any atom is 0.216 e. The van der Waals surface area contributed by atoms with Crippen molar-refractivity contribution < 1.29 is 4.79 Å². The number of carbonyl (C=O) groups excluding carboxylic acids is 1. The molecule has 1 aliphatic rings. The Morgan fingerprint density at radius 1 is 1.40 bits per heavy atom. The van der Waals surface area contributed by atoms with Crippen LogP contribution in [-0.2, 0) is 4.79 Å². The van der Waals surface area contributed by atoms with Crippen LogP contribution in [0.1, 0.15) is 25.5 Å². The maximum atomic E-state index is 10.8. The minimum Gasteiger partial charge on any atom is -0.355 e. The van der Waals surface area contributed by atoms with Gasteiger partial charge in [-0.05, 0) is 18.6 Å². The van der Waals surface area contributed by atoms with E-state index in [0.29, 0.717) is 6.04 Å². The molecule has 0 aromatic carbocycles. The van der Waals surface area contributed by atoms with Crippen LogP contribution in [0.2, 0.25) is 0 Å². The fourth-order valence-corrected chi connectivity index (χ4v) is 2.60. The van der Waals surface area contributed by atoms with Gasteiger partial charge in [-0.15, -0.1) is 0 Å². The highest BCUT2D eigenvalue weighted by molar-refractivity contribution is 5.72. The number of hydrogen-bond acceptors (Lipinski definition) is 4. The summed E-state index contributed by atoms with van der Waals surface area (Å²) in [5.74, 6) is 0.0498. The summed E-state index contributed by atoms with van der Waals surface area (Å²) in [5.41, 5.74) is 1.28. The number of hydrogen-bond donors (Lipinski definition) is 1. The third kappa shape index (κ3) is 4.28. The van der Waals surface area contributed by atoms with Gasteiger partial charge in [0.05, 0.1) is 0 Å². The molecule has 0 saturated carbocycles. The fraction of sp³-hybridized carbons (Fsp3) is 0.600. The van der Waals surface area contributed by atoms with Crippen molar-refractivity contribution in [3.8, 4) is 0 Å². The molecule has 5 nitrogen and oxygen atoms in total. The molecule has 1 amide bonds. The average Bonchev–Trinajstić information content (AvgIpc) is 2.48. The Morgan fingerprint density at radius 3 is 2.75 bits per heavy atom. The second kappa shape index (κ2) is 7.36. The van der Waals surface area contributed by atoms with Gasteiger partial charge in [-0.2, -0.15) is 0 Å². The van der Waals surface area contributed by atoms with Gasteiger partial charge in [0.1, 0.15) is 0 Å². The Labute approximate surface area is 121 Å². The van der Waals surface area contributed by atoms with Gasteiger partial charge in [0.25, 0.3) is 0 Å². The van der Waals surface area contributed by atoms with Crippen molar-refractivity contribution in [3.63, 3.8) is 0 Å². The molecule has 0 bridgehead atoms. The lowest BCUT2D eigenvalue weighted by atomic mass is 10.1. The number of pyridine rings is 1. The molecule has 1 fully saturated rings.